The van der Waals surface area contributed by atoms with Gasteiger partial charge in [0.2, 0.25) is 0 Å². The topological polar surface area (TPSA) is 67.4 Å². The van der Waals surface area contributed by atoms with Crippen molar-refractivity contribution in [2.75, 3.05) is 10.6 Å². The lowest BCUT2D eigenvalue weighted by Gasteiger charge is -2.24. The fourth-order valence-electron chi connectivity index (χ4n) is 3.15. The van der Waals surface area contributed by atoms with Crippen LogP contribution < -0.4 is 10.6 Å². The number of halogens is 1. The third-order valence-electron chi connectivity index (χ3n) is 4.44. The lowest BCUT2D eigenvalue weighted by atomic mass is 9.82. The number of anilines is 2. The van der Waals surface area contributed by atoms with Crippen LogP contribution in [0.1, 0.15) is 37.5 Å². The number of ether oxygens (including phenoxy) is 1. The third-order valence-corrected chi connectivity index (χ3v) is 4.68. The summed E-state index contributed by atoms with van der Waals surface area (Å²) in [5, 5.41) is 6.24. The van der Waals surface area contributed by atoms with E-state index in [1.807, 2.05) is 39.0 Å². The molecule has 0 saturated carbocycles. The summed E-state index contributed by atoms with van der Waals surface area (Å²) < 4.78 is 5.47. The molecule has 26 heavy (non-hydrogen) atoms. The molecule has 1 fully saturated rings. The van der Waals surface area contributed by atoms with Gasteiger partial charge in [0.1, 0.15) is 6.10 Å². The van der Waals surface area contributed by atoms with Crippen molar-refractivity contribution >= 4 is 35.0 Å². The normalized spacial score (nSPS) is 18.3. The molecule has 0 aromatic heterocycles. The largest absolute Gasteiger partial charge is 0.457 e. The van der Waals surface area contributed by atoms with Crippen molar-refractivity contribution in [2.24, 2.45) is 5.41 Å². The number of carbonyl (C=O) groups excluding carboxylic acids is 2. The van der Waals surface area contributed by atoms with Gasteiger partial charge in [-0.25, -0.2) is 4.79 Å². The molecule has 1 saturated heterocycles. The Morgan fingerprint density at radius 2 is 1.96 bits per heavy atom. The molecule has 0 bridgehead atoms. The number of hydrogen-bond acceptors (Lipinski definition) is 3. The summed E-state index contributed by atoms with van der Waals surface area (Å²) in [6, 6.07) is 12.3. The molecule has 1 unspecified atom stereocenters. The molecule has 0 spiro atoms. The highest BCUT2D eigenvalue weighted by molar-refractivity contribution is 6.30. The molecule has 6 heteroatoms. The number of esters is 1. The zero-order valence-electron chi connectivity index (χ0n) is 14.9. The van der Waals surface area contributed by atoms with Crippen molar-refractivity contribution in [3.05, 3.63) is 58.6 Å². The molecule has 1 heterocycles. The minimum Gasteiger partial charge on any atom is -0.457 e. The molecule has 1 aliphatic rings. The first-order valence-electron chi connectivity index (χ1n) is 8.38. The molecule has 5 nitrogen and oxygen atoms in total. The maximum Gasteiger partial charge on any atom is 0.323 e. The number of aryl methyl sites for hydroxylation is 1. The third kappa shape index (κ3) is 3.99. The predicted molar refractivity (Wildman–Crippen MR) is 103 cm³/mol. The molecule has 0 radical (unpaired) electrons. The van der Waals surface area contributed by atoms with E-state index in [4.69, 9.17) is 16.3 Å². The molecule has 136 valence electrons. The minimum absolute atomic E-state index is 0.200. The van der Waals surface area contributed by atoms with Gasteiger partial charge in [-0.05, 0) is 48.4 Å². The van der Waals surface area contributed by atoms with Crippen LogP contribution >= 0.6 is 11.6 Å². The summed E-state index contributed by atoms with van der Waals surface area (Å²) in [6.45, 7) is 5.87. The highest BCUT2D eigenvalue weighted by atomic mass is 35.5. The van der Waals surface area contributed by atoms with Crippen molar-refractivity contribution in [1.29, 1.82) is 0 Å². The number of hydrogen-bond donors (Lipinski definition) is 2. The Hall–Kier alpha value is -2.53. The van der Waals surface area contributed by atoms with Crippen molar-refractivity contribution in [3.63, 3.8) is 0 Å². The summed E-state index contributed by atoms with van der Waals surface area (Å²) in [4.78, 5) is 23.9. The molecule has 2 N–H and O–H groups in total. The number of benzene rings is 2. The molecule has 2 aromatic rings. The fraction of sp³-hybridized carbons (Fsp3) is 0.300. The van der Waals surface area contributed by atoms with Crippen LogP contribution in [0.5, 0.6) is 0 Å². The Labute approximate surface area is 157 Å². The summed E-state index contributed by atoms with van der Waals surface area (Å²) in [7, 11) is 0. The van der Waals surface area contributed by atoms with Crippen molar-refractivity contribution in [3.8, 4) is 0 Å². The Morgan fingerprint density at radius 3 is 2.62 bits per heavy atom. The van der Waals surface area contributed by atoms with Gasteiger partial charge in [-0.1, -0.05) is 37.6 Å². The smallest absolute Gasteiger partial charge is 0.323 e. The van der Waals surface area contributed by atoms with Crippen LogP contribution in [0.3, 0.4) is 0 Å². The molecular weight excluding hydrogens is 352 g/mol. The second kappa shape index (κ2) is 7.00. The van der Waals surface area contributed by atoms with Gasteiger partial charge in [0, 0.05) is 21.8 Å². The summed E-state index contributed by atoms with van der Waals surface area (Å²) in [5.74, 6) is -0.200. The van der Waals surface area contributed by atoms with E-state index in [1.54, 1.807) is 24.3 Å². The average Bonchev–Trinajstić information content (AvgIpc) is 2.83. The second-order valence-electron chi connectivity index (χ2n) is 7.20. The fourth-order valence-corrected chi connectivity index (χ4v) is 3.37. The van der Waals surface area contributed by atoms with Crippen LogP contribution in [0.2, 0.25) is 5.02 Å². The van der Waals surface area contributed by atoms with Crippen LogP contribution in [0.4, 0.5) is 16.2 Å². The summed E-state index contributed by atoms with van der Waals surface area (Å²) in [6.07, 6.45) is 0.0596. The first-order chi connectivity index (χ1) is 12.2. The van der Waals surface area contributed by atoms with Crippen molar-refractivity contribution in [1.82, 2.24) is 0 Å². The monoisotopic (exact) mass is 372 g/mol. The average molecular weight is 373 g/mol. The lowest BCUT2D eigenvalue weighted by molar-refractivity contribution is -0.142. The van der Waals surface area contributed by atoms with E-state index in [9.17, 15) is 9.59 Å². The van der Waals surface area contributed by atoms with Gasteiger partial charge in [0.05, 0.1) is 6.42 Å². The minimum atomic E-state index is -0.352. The first kappa shape index (κ1) is 18.3. The van der Waals surface area contributed by atoms with Gasteiger partial charge >= 0.3 is 12.0 Å². The Balaban J connectivity index is 1.72. The molecule has 1 aliphatic heterocycles. The van der Waals surface area contributed by atoms with Crippen molar-refractivity contribution < 1.29 is 14.3 Å². The molecule has 3 rings (SSSR count). The van der Waals surface area contributed by atoms with Crippen LogP contribution in [0, 0.1) is 12.3 Å². The maximum absolute atomic E-state index is 12.3. The Kier molecular flexibility index (Phi) is 4.92. The number of rotatable bonds is 3. The number of amides is 2. The molecule has 2 aromatic carbocycles. The van der Waals surface area contributed by atoms with Crippen molar-refractivity contribution in [2.45, 2.75) is 33.3 Å². The van der Waals surface area contributed by atoms with E-state index in [0.29, 0.717) is 22.8 Å². The second-order valence-corrected chi connectivity index (χ2v) is 7.64. The number of nitrogens with one attached hydrogen (secondary N) is 2. The van der Waals surface area contributed by atoms with Gasteiger partial charge in [-0.15, -0.1) is 0 Å². The standard InChI is InChI=1S/C20H21ClN2O3/c1-12-9-14(21)7-8-16(12)23-19(25)22-15-6-4-5-13(10-15)18-20(2,3)11-17(24)26-18/h4-10,18H,11H2,1-3H3,(H2,22,23,25). The van der Waals surface area contributed by atoms with Crippen LogP contribution in [0.15, 0.2) is 42.5 Å². The first-order valence-corrected chi connectivity index (χ1v) is 8.76. The van der Waals surface area contributed by atoms with E-state index >= 15 is 0 Å². The number of carbonyl (C=O) groups is 2. The highest BCUT2D eigenvalue weighted by Gasteiger charge is 2.42. The Morgan fingerprint density at radius 1 is 1.19 bits per heavy atom. The van der Waals surface area contributed by atoms with E-state index in [1.165, 1.54) is 0 Å². The molecule has 2 amide bonds. The Bertz CT molecular complexity index is 864. The highest BCUT2D eigenvalue weighted by Crippen LogP contribution is 2.45. The quantitative estimate of drug-likeness (QED) is 0.718. The van der Waals surface area contributed by atoms with E-state index in [-0.39, 0.29) is 23.5 Å². The van der Waals surface area contributed by atoms with Gasteiger partial charge in [0.15, 0.2) is 0 Å². The van der Waals surface area contributed by atoms with Gasteiger partial charge < -0.3 is 15.4 Å². The summed E-state index contributed by atoms with van der Waals surface area (Å²) in [5.41, 5.74) is 2.78. The SMILES string of the molecule is Cc1cc(Cl)ccc1NC(=O)Nc1cccc(C2OC(=O)CC2(C)C)c1. The van der Waals surface area contributed by atoms with Crippen LogP contribution in [-0.4, -0.2) is 12.0 Å². The zero-order valence-corrected chi connectivity index (χ0v) is 15.7. The van der Waals surface area contributed by atoms with Crippen LogP contribution in [0.25, 0.3) is 0 Å². The van der Waals surface area contributed by atoms with Crippen LogP contribution in [-0.2, 0) is 9.53 Å². The van der Waals surface area contributed by atoms with E-state index in [0.717, 1.165) is 11.1 Å². The predicted octanol–water partition coefficient (Wildman–Crippen LogP) is 5.31. The van der Waals surface area contributed by atoms with E-state index < -0.39 is 0 Å². The molecule has 1 atom stereocenters. The molecular formula is C20H21ClN2O3. The van der Waals surface area contributed by atoms with E-state index in [2.05, 4.69) is 10.6 Å². The number of urea groups is 1. The molecule has 0 aliphatic carbocycles. The van der Waals surface area contributed by atoms with Gasteiger partial charge in [0.25, 0.3) is 0 Å². The zero-order chi connectivity index (χ0) is 18.9. The lowest BCUT2D eigenvalue weighted by Crippen LogP contribution is -2.20. The summed E-state index contributed by atoms with van der Waals surface area (Å²) >= 11 is 5.93. The maximum atomic E-state index is 12.3. The number of cyclic esters (lactones) is 1. The van der Waals surface area contributed by atoms with Gasteiger partial charge in [-0.2, -0.15) is 0 Å². The van der Waals surface area contributed by atoms with Gasteiger partial charge in [-0.3, -0.25) is 4.79 Å².